The van der Waals surface area contributed by atoms with E-state index in [1.807, 2.05) is 0 Å². The number of nitrogens with zero attached hydrogens (tertiary/aromatic N) is 1. The van der Waals surface area contributed by atoms with Crippen LogP contribution in [0.4, 0.5) is 10.3 Å². The highest BCUT2D eigenvalue weighted by molar-refractivity contribution is 9.10. The molecular weight excluding hydrogens is 279 g/mol. The lowest BCUT2D eigenvalue weighted by Gasteiger charge is -2.07. The zero-order valence-electron chi connectivity index (χ0n) is 8.33. The van der Waals surface area contributed by atoms with E-state index in [2.05, 4.69) is 21.1 Å². The molecular formula is C10H8BrFN2O2. The van der Waals surface area contributed by atoms with Gasteiger partial charge < -0.3 is 15.0 Å². The number of anilines is 1. The topological polar surface area (TPSA) is 61.3 Å². The maximum Gasteiger partial charge on any atom is 0.222 e. The van der Waals surface area contributed by atoms with Crippen LogP contribution in [0.1, 0.15) is 0 Å². The number of rotatable bonds is 2. The first-order chi connectivity index (χ1) is 7.63. The Morgan fingerprint density at radius 1 is 1.50 bits per heavy atom. The van der Waals surface area contributed by atoms with Crippen LogP contribution in [-0.2, 0) is 0 Å². The summed E-state index contributed by atoms with van der Waals surface area (Å²) in [6, 6.07) is 4.74. The Morgan fingerprint density at radius 3 is 2.81 bits per heavy atom. The maximum absolute atomic E-state index is 13.7. The summed E-state index contributed by atoms with van der Waals surface area (Å²) in [5, 5.41) is 3.70. The van der Waals surface area contributed by atoms with Crippen molar-refractivity contribution in [2.45, 2.75) is 0 Å². The Kier molecular flexibility index (Phi) is 2.82. The lowest BCUT2D eigenvalue weighted by Crippen LogP contribution is -1.93. The van der Waals surface area contributed by atoms with Gasteiger partial charge in [0.2, 0.25) is 5.88 Å². The van der Waals surface area contributed by atoms with Crippen molar-refractivity contribution in [2.75, 3.05) is 12.8 Å². The molecule has 0 aliphatic heterocycles. The second kappa shape index (κ2) is 4.13. The largest absolute Gasteiger partial charge is 0.493 e. The van der Waals surface area contributed by atoms with Gasteiger partial charge in [-0.2, -0.15) is 0 Å². The van der Waals surface area contributed by atoms with Gasteiger partial charge in [-0.15, -0.1) is 0 Å². The molecule has 2 N–H and O–H groups in total. The minimum absolute atomic E-state index is 0.0997. The average Bonchev–Trinajstić information content (AvgIpc) is 2.68. The Morgan fingerprint density at radius 2 is 2.25 bits per heavy atom. The number of methoxy groups -OCH3 is 1. The molecule has 0 aliphatic carbocycles. The molecule has 0 aliphatic rings. The van der Waals surface area contributed by atoms with E-state index in [0.29, 0.717) is 15.7 Å². The summed E-state index contributed by atoms with van der Waals surface area (Å²) >= 11 is 3.08. The molecule has 0 bridgehead atoms. The van der Waals surface area contributed by atoms with Gasteiger partial charge in [-0.1, -0.05) is 5.16 Å². The van der Waals surface area contributed by atoms with Gasteiger partial charge >= 0.3 is 0 Å². The fraction of sp³-hybridized carbons (Fsp3) is 0.100. The predicted octanol–water partition coefficient (Wildman–Crippen LogP) is 2.83. The summed E-state index contributed by atoms with van der Waals surface area (Å²) in [6.45, 7) is 0. The smallest absolute Gasteiger partial charge is 0.222 e. The van der Waals surface area contributed by atoms with Crippen molar-refractivity contribution in [3.8, 4) is 17.0 Å². The van der Waals surface area contributed by atoms with Crippen LogP contribution in [0.3, 0.4) is 0 Å². The van der Waals surface area contributed by atoms with Crippen molar-refractivity contribution in [3.63, 3.8) is 0 Å². The van der Waals surface area contributed by atoms with E-state index in [1.165, 1.54) is 13.2 Å². The summed E-state index contributed by atoms with van der Waals surface area (Å²) in [5.74, 6) is -0.218. The van der Waals surface area contributed by atoms with Crippen LogP contribution < -0.4 is 10.5 Å². The SMILES string of the molecule is COc1c(-c2cc(N)on2)ccc(Br)c1F. The first-order valence-electron chi connectivity index (χ1n) is 4.38. The molecule has 0 saturated heterocycles. The highest BCUT2D eigenvalue weighted by Gasteiger charge is 2.16. The minimum Gasteiger partial charge on any atom is -0.493 e. The summed E-state index contributed by atoms with van der Waals surface area (Å²) in [4.78, 5) is 0. The van der Waals surface area contributed by atoms with E-state index < -0.39 is 5.82 Å². The van der Waals surface area contributed by atoms with Crippen molar-refractivity contribution in [1.82, 2.24) is 5.16 Å². The van der Waals surface area contributed by atoms with Crippen molar-refractivity contribution in [1.29, 1.82) is 0 Å². The summed E-state index contributed by atoms with van der Waals surface area (Å²) < 4.78 is 23.7. The van der Waals surface area contributed by atoms with Gasteiger partial charge in [0.15, 0.2) is 11.6 Å². The van der Waals surface area contributed by atoms with Gasteiger partial charge in [0.25, 0.3) is 0 Å². The number of nitrogen functional groups attached to an aromatic ring is 1. The molecule has 6 heteroatoms. The molecule has 1 aromatic carbocycles. The molecule has 1 aromatic heterocycles. The van der Waals surface area contributed by atoms with Gasteiger partial charge in [-0.25, -0.2) is 4.39 Å². The van der Waals surface area contributed by atoms with Crippen LogP contribution in [-0.4, -0.2) is 12.3 Å². The monoisotopic (exact) mass is 286 g/mol. The molecule has 4 nitrogen and oxygen atoms in total. The second-order valence-electron chi connectivity index (χ2n) is 3.06. The molecule has 16 heavy (non-hydrogen) atoms. The van der Waals surface area contributed by atoms with Gasteiger partial charge in [0.1, 0.15) is 5.69 Å². The first-order valence-corrected chi connectivity index (χ1v) is 5.17. The summed E-state index contributed by atoms with van der Waals surface area (Å²) in [5.41, 5.74) is 6.32. The summed E-state index contributed by atoms with van der Waals surface area (Å²) in [6.07, 6.45) is 0. The van der Waals surface area contributed by atoms with Crippen molar-refractivity contribution in [2.24, 2.45) is 0 Å². The van der Waals surface area contributed by atoms with Crippen LogP contribution in [0.2, 0.25) is 0 Å². The number of aromatic nitrogens is 1. The summed E-state index contributed by atoms with van der Waals surface area (Å²) in [7, 11) is 1.39. The molecule has 2 rings (SSSR count). The standard InChI is InChI=1S/C10H8BrFN2O2/c1-15-10-5(2-3-6(11)9(10)12)7-4-8(13)16-14-7/h2-4H,13H2,1H3. The zero-order chi connectivity index (χ0) is 11.7. The molecule has 0 spiro atoms. The number of benzene rings is 1. The van der Waals surface area contributed by atoms with Crippen molar-refractivity contribution >= 4 is 21.8 Å². The highest BCUT2D eigenvalue weighted by Crippen LogP contribution is 2.35. The number of halogens is 2. The van der Waals surface area contributed by atoms with Crippen LogP contribution >= 0.6 is 15.9 Å². The van der Waals surface area contributed by atoms with Crippen LogP contribution in [0.5, 0.6) is 5.75 Å². The number of hydrogen-bond donors (Lipinski definition) is 1. The molecule has 0 radical (unpaired) electrons. The van der Waals surface area contributed by atoms with Crippen LogP contribution in [0.25, 0.3) is 11.3 Å². The molecule has 0 atom stereocenters. The normalized spacial score (nSPS) is 10.4. The fourth-order valence-corrected chi connectivity index (χ4v) is 1.66. The van der Waals surface area contributed by atoms with E-state index in [4.69, 9.17) is 15.0 Å². The molecule has 0 amide bonds. The van der Waals surface area contributed by atoms with Gasteiger partial charge in [-0.05, 0) is 28.1 Å². The predicted molar refractivity (Wildman–Crippen MR) is 60.6 cm³/mol. The van der Waals surface area contributed by atoms with Gasteiger partial charge in [0.05, 0.1) is 11.6 Å². The lowest BCUT2D eigenvalue weighted by molar-refractivity contribution is 0.386. The molecule has 0 fully saturated rings. The first kappa shape index (κ1) is 10.9. The lowest BCUT2D eigenvalue weighted by atomic mass is 10.1. The molecule has 0 saturated carbocycles. The van der Waals surface area contributed by atoms with E-state index in [1.54, 1.807) is 12.1 Å². The van der Waals surface area contributed by atoms with E-state index in [0.717, 1.165) is 0 Å². The Labute approximate surface area is 99.3 Å². The maximum atomic E-state index is 13.7. The number of ether oxygens (including phenoxy) is 1. The third-order valence-electron chi connectivity index (χ3n) is 2.06. The van der Waals surface area contributed by atoms with E-state index >= 15 is 0 Å². The zero-order valence-corrected chi connectivity index (χ0v) is 9.92. The number of hydrogen-bond acceptors (Lipinski definition) is 4. The molecule has 0 unspecified atom stereocenters. The molecule has 1 heterocycles. The van der Waals surface area contributed by atoms with E-state index in [-0.39, 0.29) is 11.6 Å². The van der Waals surface area contributed by atoms with Gasteiger partial charge in [0, 0.05) is 11.6 Å². The Bertz CT molecular complexity index is 528. The quantitative estimate of drug-likeness (QED) is 0.922. The highest BCUT2D eigenvalue weighted by atomic mass is 79.9. The van der Waals surface area contributed by atoms with E-state index in [9.17, 15) is 4.39 Å². The van der Waals surface area contributed by atoms with Crippen molar-refractivity contribution < 1.29 is 13.7 Å². The minimum atomic E-state index is -0.485. The van der Waals surface area contributed by atoms with Crippen LogP contribution in [0, 0.1) is 5.82 Å². The molecule has 84 valence electrons. The average molecular weight is 287 g/mol. The van der Waals surface area contributed by atoms with Gasteiger partial charge in [-0.3, -0.25) is 0 Å². The van der Waals surface area contributed by atoms with Crippen molar-refractivity contribution in [3.05, 3.63) is 28.5 Å². The Balaban J connectivity index is 2.61. The fourth-order valence-electron chi connectivity index (χ4n) is 1.35. The third-order valence-corrected chi connectivity index (χ3v) is 2.67. The third kappa shape index (κ3) is 1.76. The Hall–Kier alpha value is -1.56. The molecule has 2 aromatic rings. The van der Waals surface area contributed by atoms with Crippen LogP contribution in [0.15, 0.2) is 27.2 Å². The second-order valence-corrected chi connectivity index (χ2v) is 3.91. The number of nitrogens with two attached hydrogens (primary N) is 1.